The number of thioether (sulfide) groups is 1. The molecule has 1 N–H and O–H groups in total. The number of carbonyl (C=O) groups is 1. The Balaban J connectivity index is 2.11. The van der Waals surface area contributed by atoms with Gasteiger partial charge in [0.25, 0.3) is 0 Å². The SMILES string of the molecule is CCSC(C(=O)N1C2CCNCC1CC2)C(C)C. The number of nitrogens with zero attached hydrogens (tertiary/aromatic N) is 1. The molecule has 2 bridgehead atoms. The molecular formula is C14H26N2OS. The third-order valence-electron chi connectivity index (χ3n) is 4.10. The molecule has 0 saturated carbocycles. The second kappa shape index (κ2) is 6.29. The first-order valence-corrected chi connectivity index (χ1v) is 8.34. The molecule has 0 aliphatic carbocycles. The fourth-order valence-electron chi connectivity index (χ4n) is 3.22. The zero-order valence-corrected chi connectivity index (χ0v) is 12.6. The van der Waals surface area contributed by atoms with E-state index in [1.807, 2.05) is 11.8 Å². The predicted molar refractivity (Wildman–Crippen MR) is 77.9 cm³/mol. The van der Waals surface area contributed by atoms with Crippen molar-refractivity contribution >= 4 is 17.7 Å². The average Bonchev–Trinajstić information content (AvgIpc) is 2.58. The highest BCUT2D eigenvalue weighted by Crippen LogP contribution is 2.32. The molecule has 2 rings (SSSR count). The van der Waals surface area contributed by atoms with Crippen LogP contribution in [-0.4, -0.2) is 47.0 Å². The monoisotopic (exact) mass is 270 g/mol. The van der Waals surface area contributed by atoms with Gasteiger partial charge >= 0.3 is 0 Å². The molecule has 104 valence electrons. The molecular weight excluding hydrogens is 244 g/mol. The third-order valence-corrected chi connectivity index (χ3v) is 5.54. The lowest BCUT2D eigenvalue weighted by atomic mass is 10.1. The minimum atomic E-state index is 0.149. The first-order chi connectivity index (χ1) is 8.65. The Morgan fingerprint density at radius 1 is 1.33 bits per heavy atom. The van der Waals surface area contributed by atoms with Crippen LogP contribution in [0.3, 0.4) is 0 Å². The molecule has 4 heteroatoms. The standard InChI is InChI=1S/C14H26N2OS/c1-4-18-13(10(2)3)14(17)16-11-5-6-12(16)9-15-8-7-11/h10-13,15H,4-9H2,1-3H3. The Bertz CT molecular complexity index is 282. The van der Waals surface area contributed by atoms with Crippen molar-refractivity contribution in [3.8, 4) is 0 Å². The van der Waals surface area contributed by atoms with Gasteiger partial charge < -0.3 is 10.2 Å². The van der Waals surface area contributed by atoms with Gasteiger partial charge in [-0.3, -0.25) is 4.79 Å². The fraction of sp³-hybridized carbons (Fsp3) is 0.929. The molecule has 0 aromatic heterocycles. The summed E-state index contributed by atoms with van der Waals surface area (Å²) < 4.78 is 0. The van der Waals surface area contributed by atoms with Crippen LogP contribution in [-0.2, 0) is 4.79 Å². The van der Waals surface area contributed by atoms with E-state index in [4.69, 9.17) is 0 Å². The highest BCUT2D eigenvalue weighted by Gasteiger charge is 2.40. The minimum absolute atomic E-state index is 0.149. The number of nitrogens with one attached hydrogen (secondary N) is 1. The van der Waals surface area contributed by atoms with E-state index in [0.29, 0.717) is 23.9 Å². The minimum Gasteiger partial charge on any atom is -0.334 e. The lowest BCUT2D eigenvalue weighted by Crippen LogP contribution is -2.47. The van der Waals surface area contributed by atoms with Gasteiger partial charge in [-0.05, 0) is 37.5 Å². The summed E-state index contributed by atoms with van der Waals surface area (Å²) in [6.07, 6.45) is 3.52. The average molecular weight is 270 g/mol. The van der Waals surface area contributed by atoms with Crippen LogP contribution < -0.4 is 5.32 Å². The lowest BCUT2D eigenvalue weighted by molar-refractivity contribution is -0.133. The van der Waals surface area contributed by atoms with Crippen LogP contribution >= 0.6 is 11.8 Å². The van der Waals surface area contributed by atoms with Gasteiger partial charge in [0, 0.05) is 18.6 Å². The second-order valence-electron chi connectivity index (χ2n) is 5.74. The molecule has 18 heavy (non-hydrogen) atoms. The van der Waals surface area contributed by atoms with Gasteiger partial charge in [0.15, 0.2) is 0 Å². The van der Waals surface area contributed by atoms with E-state index in [1.54, 1.807) is 0 Å². The van der Waals surface area contributed by atoms with E-state index in [9.17, 15) is 4.79 Å². The van der Waals surface area contributed by atoms with Gasteiger partial charge in [-0.25, -0.2) is 0 Å². The van der Waals surface area contributed by atoms with Crippen LogP contribution in [0.5, 0.6) is 0 Å². The van der Waals surface area contributed by atoms with Crippen LogP contribution in [0.25, 0.3) is 0 Å². The highest BCUT2D eigenvalue weighted by molar-refractivity contribution is 8.00. The Morgan fingerprint density at radius 3 is 2.72 bits per heavy atom. The number of rotatable bonds is 4. The molecule has 2 aliphatic rings. The Morgan fingerprint density at radius 2 is 2.06 bits per heavy atom. The number of fused-ring (bicyclic) bond motifs is 2. The molecule has 0 radical (unpaired) electrons. The van der Waals surface area contributed by atoms with E-state index in [1.165, 1.54) is 12.8 Å². The maximum absolute atomic E-state index is 12.8. The van der Waals surface area contributed by atoms with E-state index in [-0.39, 0.29) is 5.25 Å². The predicted octanol–water partition coefficient (Wildman–Crippen LogP) is 2.12. The molecule has 3 atom stereocenters. The number of carbonyl (C=O) groups excluding carboxylic acids is 1. The molecule has 2 fully saturated rings. The van der Waals surface area contributed by atoms with Crippen molar-refractivity contribution in [3.63, 3.8) is 0 Å². The van der Waals surface area contributed by atoms with Gasteiger partial charge in [0.05, 0.1) is 5.25 Å². The summed E-state index contributed by atoms with van der Waals surface area (Å²) in [4.78, 5) is 15.1. The summed E-state index contributed by atoms with van der Waals surface area (Å²) in [5.41, 5.74) is 0. The fourth-order valence-corrected chi connectivity index (χ4v) is 4.23. The summed E-state index contributed by atoms with van der Waals surface area (Å²) >= 11 is 1.81. The van der Waals surface area contributed by atoms with Crippen molar-refractivity contribution in [1.29, 1.82) is 0 Å². The first kappa shape index (κ1) is 14.2. The Hall–Kier alpha value is -0.220. The number of amides is 1. The van der Waals surface area contributed by atoms with Gasteiger partial charge in [-0.1, -0.05) is 20.8 Å². The third kappa shape index (κ3) is 2.85. The number of hydrogen-bond acceptors (Lipinski definition) is 3. The van der Waals surface area contributed by atoms with Gasteiger partial charge in [-0.2, -0.15) is 0 Å². The lowest BCUT2D eigenvalue weighted by Gasteiger charge is -2.32. The summed E-state index contributed by atoms with van der Waals surface area (Å²) in [5.74, 6) is 1.85. The van der Waals surface area contributed by atoms with Crippen LogP contribution in [0, 0.1) is 5.92 Å². The zero-order valence-electron chi connectivity index (χ0n) is 11.8. The zero-order chi connectivity index (χ0) is 13.1. The van der Waals surface area contributed by atoms with Crippen molar-refractivity contribution in [2.75, 3.05) is 18.8 Å². The van der Waals surface area contributed by atoms with Crippen LogP contribution in [0.1, 0.15) is 40.0 Å². The van der Waals surface area contributed by atoms with Gasteiger partial charge in [-0.15, -0.1) is 11.8 Å². The van der Waals surface area contributed by atoms with Crippen molar-refractivity contribution < 1.29 is 4.79 Å². The number of hydrogen-bond donors (Lipinski definition) is 1. The quantitative estimate of drug-likeness (QED) is 0.849. The van der Waals surface area contributed by atoms with Crippen molar-refractivity contribution in [1.82, 2.24) is 10.2 Å². The van der Waals surface area contributed by atoms with Gasteiger partial charge in [0.1, 0.15) is 0 Å². The van der Waals surface area contributed by atoms with Crippen LogP contribution in [0.15, 0.2) is 0 Å². The topological polar surface area (TPSA) is 32.3 Å². The molecule has 3 nitrogen and oxygen atoms in total. The molecule has 0 aromatic carbocycles. The van der Waals surface area contributed by atoms with E-state index < -0.39 is 0 Å². The molecule has 2 saturated heterocycles. The molecule has 2 heterocycles. The summed E-state index contributed by atoms with van der Waals surface area (Å²) in [6.45, 7) is 8.54. The largest absolute Gasteiger partial charge is 0.334 e. The van der Waals surface area contributed by atoms with Crippen molar-refractivity contribution in [2.24, 2.45) is 5.92 Å². The summed E-state index contributed by atoms with van der Waals surface area (Å²) in [6, 6.07) is 0.944. The van der Waals surface area contributed by atoms with Gasteiger partial charge in [0.2, 0.25) is 5.91 Å². The Labute approximate surface area is 115 Å². The van der Waals surface area contributed by atoms with Crippen molar-refractivity contribution in [2.45, 2.75) is 57.4 Å². The maximum atomic E-state index is 12.8. The molecule has 1 amide bonds. The molecule has 0 spiro atoms. The maximum Gasteiger partial charge on any atom is 0.236 e. The normalized spacial score (nSPS) is 29.4. The van der Waals surface area contributed by atoms with Crippen LogP contribution in [0.4, 0.5) is 0 Å². The summed E-state index contributed by atoms with van der Waals surface area (Å²) in [7, 11) is 0. The molecule has 0 aromatic rings. The van der Waals surface area contributed by atoms with E-state index in [2.05, 4.69) is 31.0 Å². The highest BCUT2D eigenvalue weighted by atomic mass is 32.2. The Kier molecular flexibility index (Phi) is 4.96. The van der Waals surface area contributed by atoms with Crippen molar-refractivity contribution in [3.05, 3.63) is 0 Å². The van der Waals surface area contributed by atoms with Crippen LogP contribution in [0.2, 0.25) is 0 Å². The van der Waals surface area contributed by atoms with E-state index >= 15 is 0 Å². The second-order valence-corrected chi connectivity index (χ2v) is 7.16. The smallest absolute Gasteiger partial charge is 0.236 e. The molecule has 2 aliphatic heterocycles. The molecule has 3 unspecified atom stereocenters. The first-order valence-electron chi connectivity index (χ1n) is 7.29. The van der Waals surface area contributed by atoms with E-state index in [0.717, 1.165) is 25.3 Å². The summed E-state index contributed by atoms with van der Waals surface area (Å²) in [5, 5.41) is 3.61.